The Labute approximate surface area is 180 Å². The average Bonchev–Trinajstić information content (AvgIpc) is 3.17. The SMILES string of the molecule is Cc1oc2c(CN3CCCC3C(=O)O)c(O)ccc2c(=O)c1Oc1ccc(Br)cc1. The van der Waals surface area contributed by atoms with E-state index in [2.05, 4.69) is 15.9 Å². The lowest BCUT2D eigenvalue weighted by Gasteiger charge is -2.22. The Morgan fingerprint density at radius 1 is 1.27 bits per heavy atom. The fourth-order valence-electron chi connectivity index (χ4n) is 3.78. The van der Waals surface area contributed by atoms with Crippen molar-refractivity contribution >= 4 is 32.9 Å². The molecule has 1 aromatic heterocycles. The van der Waals surface area contributed by atoms with Crippen molar-refractivity contribution in [2.45, 2.75) is 32.4 Å². The summed E-state index contributed by atoms with van der Waals surface area (Å²) >= 11 is 3.36. The summed E-state index contributed by atoms with van der Waals surface area (Å²) in [6, 6.07) is 9.37. The lowest BCUT2D eigenvalue weighted by molar-refractivity contribution is -0.142. The zero-order valence-corrected chi connectivity index (χ0v) is 17.8. The van der Waals surface area contributed by atoms with Crippen molar-refractivity contribution in [3.63, 3.8) is 0 Å². The molecule has 1 fully saturated rings. The van der Waals surface area contributed by atoms with Crippen LogP contribution in [0.2, 0.25) is 0 Å². The van der Waals surface area contributed by atoms with E-state index in [1.807, 2.05) is 0 Å². The molecule has 0 bridgehead atoms. The summed E-state index contributed by atoms with van der Waals surface area (Å²) < 4.78 is 12.6. The molecule has 0 saturated carbocycles. The van der Waals surface area contributed by atoms with Gasteiger partial charge < -0.3 is 19.4 Å². The number of halogens is 1. The van der Waals surface area contributed by atoms with Crippen LogP contribution >= 0.6 is 15.9 Å². The number of aryl methyl sites for hydroxylation is 1. The van der Waals surface area contributed by atoms with Crippen molar-refractivity contribution in [1.29, 1.82) is 0 Å². The fourth-order valence-corrected chi connectivity index (χ4v) is 4.05. The molecule has 1 aliphatic rings. The summed E-state index contributed by atoms with van der Waals surface area (Å²) in [5, 5.41) is 20.1. The number of hydrogen-bond donors (Lipinski definition) is 2. The Bertz CT molecular complexity index is 1170. The average molecular weight is 474 g/mol. The number of aromatic hydroxyl groups is 1. The van der Waals surface area contributed by atoms with Crippen LogP contribution < -0.4 is 10.2 Å². The van der Waals surface area contributed by atoms with Gasteiger partial charge in [-0.25, -0.2) is 0 Å². The smallest absolute Gasteiger partial charge is 0.320 e. The molecule has 2 N–H and O–H groups in total. The fraction of sp³-hybridized carbons (Fsp3) is 0.273. The van der Waals surface area contributed by atoms with Crippen molar-refractivity contribution in [2.75, 3.05) is 6.54 Å². The Kier molecular flexibility index (Phi) is 5.53. The van der Waals surface area contributed by atoms with Crippen molar-refractivity contribution < 1.29 is 24.2 Å². The molecule has 0 amide bonds. The third kappa shape index (κ3) is 3.80. The number of ether oxygens (including phenoxy) is 1. The number of phenols is 1. The number of likely N-dealkylation sites (tertiary alicyclic amines) is 1. The zero-order chi connectivity index (χ0) is 21.4. The molecule has 0 radical (unpaired) electrons. The van der Waals surface area contributed by atoms with Crippen LogP contribution in [0.25, 0.3) is 11.0 Å². The number of nitrogens with zero attached hydrogens (tertiary/aromatic N) is 1. The monoisotopic (exact) mass is 473 g/mol. The van der Waals surface area contributed by atoms with Crippen LogP contribution in [0.15, 0.2) is 50.1 Å². The summed E-state index contributed by atoms with van der Waals surface area (Å²) in [4.78, 5) is 26.4. The van der Waals surface area contributed by atoms with Crippen molar-refractivity contribution in [1.82, 2.24) is 4.90 Å². The second-order valence-electron chi connectivity index (χ2n) is 7.28. The Morgan fingerprint density at radius 3 is 2.70 bits per heavy atom. The first kappa shape index (κ1) is 20.4. The van der Waals surface area contributed by atoms with Crippen molar-refractivity contribution in [2.24, 2.45) is 0 Å². The van der Waals surface area contributed by atoms with E-state index in [1.54, 1.807) is 36.1 Å². The molecule has 156 valence electrons. The molecule has 2 aromatic carbocycles. The summed E-state index contributed by atoms with van der Waals surface area (Å²) in [5.74, 6) is -0.0875. The molecule has 3 aromatic rings. The molecular formula is C22H20BrNO6. The van der Waals surface area contributed by atoms with Crippen molar-refractivity contribution in [3.8, 4) is 17.2 Å². The van der Waals surface area contributed by atoms with Gasteiger partial charge in [-0.1, -0.05) is 15.9 Å². The molecule has 8 heteroatoms. The molecule has 7 nitrogen and oxygen atoms in total. The summed E-state index contributed by atoms with van der Waals surface area (Å²) in [6.45, 7) is 2.40. The third-order valence-electron chi connectivity index (χ3n) is 5.31. The highest BCUT2D eigenvalue weighted by Crippen LogP contribution is 2.33. The zero-order valence-electron chi connectivity index (χ0n) is 16.2. The number of benzene rings is 2. The first-order valence-corrected chi connectivity index (χ1v) is 10.3. The molecule has 0 aliphatic carbocycles. The second-order valence-corrected chi connectivity index (χ2v) is 8.19. The van der Waals surface area contributed by atoms with Gasteiger partial charge in [-0.15, -0.1) is 0 Å². The number of rotatable bonds is 5. The van der Waals surface area contributed by atoms with Crippen LogP contribution in [-0.2, 0) is 11.3 Å². The minimum Gasteiger partial charge on any atom is -0.507 e. The molecular weight excluding hydrogens is 454 g/mol. The van der Waals surface area contributed by atoms with Crippen LogP contribution in [-0.4, -0.2) is 33.7 Å². The van der Waals surface area contributed by atoms with E-state index in [-0.39, 0.29) is 40.2 Å². The van der Waals surface area contributed by atoms with Crippen LogP contribution in [0.1, 0.15) is 24.2 Å². The predicted molar refractivity (Wildman–Crippen MR) is 114 cm³/mol. The van der Waals surface area contributed by atoms with Gasteiger partial charge in [0, 0.05) is 11.0 Å². The van der Waals surface area contributed by atoms with Gasteiger partial charge in [-0.2, -0.15) is 0 Å². The molecule has 1 unspecified atom stereocenters. The lowest BCUT2D eigenvalue weighted by atomic mass is 10.1. The number of carbonyl (C=O) groups is 1. The maximum absolute atomic E-state index is 13.1. The molecule has 0 spiro atoms. The first-order valence-electron chi connectivity index (χ1n) is 9.53. The highest BCUT2D eigenvalue weighted by atomic mass is 79.9. The molecule has 4 rings (SSSR count). The van der Waals surface area contributed by atoms with Crippen LogP contribution in [0.4, 0.5) is 0 Å². The van der Waals surface area contributed by atoms with Gasteiger partial charge >= 0.3 is 5.97 Å². The number of fused-ring (bicyclic) bond motifs is 1. The quantitative estimate of drug-likeness (QED) is 0.565. The number of phenolic OH excluding ortho intramolecular Hbond substituents is 1. The number of carboxylic acid groups (broad SMARTS) is 1. The standard InChI is InChI=1S/C22H20BrNO6/c1-12-20(30-14-6-4-13(23)5-7-14)19(26)15-8-9-18(25)16(21(15)29-12)11-24-10-2-3-17(24)22(27)28/h4-9,17,25H,2-3,10-11H2,1H3,(H,27,28). The highest BCUT2D eigenvalue weighted by Gasteiger charge is 2.32. The number of hydrogen-bond acceptors (Lipinski definition) is 6. The van der Waals surface area contributed by atoms with E-state index in [1.165, 1.54) is 12.1 Å². The van der Waals surface area contributed by atoms with E-state index in [0.29, 0.717) is 24.3 Å². The highest BCUT2D eigenvalue weighted by molar-refractivity contribution is 9.10. The van der Waals surface area contributed by atoms with E-state index in [9.17, 15) is 19.8 Å². The topological polar surface area (TPSA) is 100 Å². The predicted octanol–water partition coefficient (Wildman–Crippen LogP) is 4.41. The number of carboxylic acids is 1. The van der Waals surface area contributed by atoms with Crippen LogP contribution in [0, 0.1) is 6.92 Å². The Balaban J connectivity index is 1.76. The maximum Gasteiger partial charge on any atom is 0.320 e. The molecule has 2 heterocycles. The Morgan fingerprint density at radius 2 is 2.00 bits per heavy atom. The summed E-state index contributed by atoms with van der Waals surface area (Å²) in [7, 11) is 0. The minimum absolute atomic E-state index is 0.0392. The van der Waals surface area contributed by atoms with E-state index in [4.69, 9.17) is 9.15 Å². The Hall–Kier alpha value is -2.84. The van der Waals surface area contributed by atoms with Crippen molar-refractivity contribution in [3.05, 3.63) is 62.4 Å². The third-order valence-corrected chi connectivity index (χ3v) is 5.83. The normalized spacial score (nSPS) is 16.8. The van der Waals surface area contributed by atoms with Gasteiger partial charge in [0.2, 0.25) is 11.2 Å². The van der Waals surface area contributed by atoms with E-state index in [0.717, 1.165) is 10.9 Å². The van der Waals surface area contributed by atoms with Gasteiger partial charge in [0.05, 0.1) is 10.9 Å². The largest absolute Gasteiger partial charge is 0.507 e. The van der Waals surface area contributed by atoms with Crippen LogP contribution in [0.3, 0.4) is 0 Å². The molecule has 30 heavy (non-hydrogen) atoms. The molecule has 1 saturated heterocycles. The second kappa shape index (κ2) is 8.12. The van der Waals surface area contributed by atoms with Gasteiger partial charge in [0.25, 0.3) is 0 Å². The molecule has 1 atom stereocenters. The van der Waals surface area contributed by atoms with Gasteiger partial charge in [0.15, 0.2) is 0 Å². The lowest BCUT2D eigenvalue weighted by Crippen LogP contribution is -2.35. The van der Waals surface area contributed by atoms with Gasteiger partial charge in [-0.3, -0.25) is 14.5 Å². The summed E-state index contributed by atoms with van der Waals surface area (Å²) in [6.07, 6.45) is 1.31. The number of aliphatic carboxylic acids is 1. The first-order chi connectivity index (χ1) is 14.3. The molecule has 1 aliphatic heterocycles. The van der Waals surface area contributed by atoms with Gasteiger partial charge in [0.1, 0.15) is 28.9 Å². The minimum atomic E-state index is -0.893. The van der Waals surface area contributed by atoms with Crippen LogP contribution in [0.5, 0.6) is 17.2 Å². The van der Waals surface area contributed by atoms with E-state index < -0.39 is 12.0 Å². The van der Waals surface area contributed by atoms with E-state index >= 15 is 0 Å². The maximum atomic E-state index is 13.1. The van der Waals surface area contributed by atoms with Gasteiger partial charge in [-0.05, 0) is 62.7 Å². The summed E-state index contributed by atoms with van der Waals surface area (Å²) in [5.41, 5.74) is 0.293.